The molecule has 0 bridgehead atoms. The van der Waals surface area contributed by atoms with Crippen LogP contribution in [0.5, 0.6) is 0 Å². The van der Waals surface area contributed by atoms with Crippen LogP contribution in [0.3, 0.4) is 0 Å². The summed E-state index contributed by atoms with van der Waals surface area (Å²) in [5.74, 6) is 0. The number of rotatable bonds is 4. The fourth-order valence-corrected chi connectivity index (χ4v) is 3.22. The Morgan fingerprint density at radius 1 is 1.33 bits per heavy atom. The molecule has 2 N–H and O–H groups in total. The van der Waals surface area contributed by atoms with E-state index in [1.165, 1.54) is 0 Å². The van der Waals surface area contributed by atoms with Crippen LogP contribution in [0.25, 0.3) is 5.69 Å². The van der Waals surface area contributed by atoms with Crippen molar-refractivity contribution >= 4 is 29.4 Å². The molecular formula is C18H22ClN5O3. The predicted molar refractivity (Wildman–Crippen MR) is 102 cm³/mol. The number of hydrogen-bond donors (Lipinski definition) is 2. The Balaban J connectivity index is 1.50. The number of anilines is 1. The molecule has 0 unspecified atom stereocenters. The number of nitrogens with one attached hydrogen (secondary N) is 2. The van der Waals surface area contributed by atoms with Crippen LogP contribution in [-0.4, -0.2) is 52.5 Å². The van der Waals surface area contributed by atoms with E-state index in [9.17, 15) is 9.59 Å². The molecule has 0 aliphatic carbocycles. The molecule has 0 spiro atoms. The molecule has 144 valence electrons. The number of hydrogen-bond acceptors (Lipinski definition) is 4. The van der Waals surface area contributed by atoms with Crippen molar-refractivity contribution in [2.75, 3.05) is 25.0 Å². The van der Waals surface area contributed by atoms with Crippen LogP contribution in [0.1, 0.15) is 19.8 Å². The molecule has 1 fully saturated rings. The molecule has 0 radical (unpaired) electrons. The first-order chi connectivity index (χ1) is 13.1. The number of likely N-dealkylation sites (tertiary alicyclic amines) is 1. The Labute approximate surface area is 162 Å². The molecule has 3 amide bonds. The minimum atomic E-state index is -0.299. The first kappa shape index (κ1) is 19.0. The van der Waals surface area contributed by atoms with Gasteiger partial charge in [-0.3, -0.25) is 0 Å². The van der Waals surface area contributed by atoms with Gasteiger partial charge >= 0.3 is 12.1 Å². The van der Waals surface area contributed by atoms with E-state index in [-0.39, 0.29) is 18.2 Å². The second kappa shape index (κ2) is 8.77. The molecule has 1 saturated heterocycles. The van der Waals surface area contributed by atoms with Crippen LogP contribution >= 0.6 is 11.6 Å². The number of piperidine rings is 1. The average molecular weight is 392 g/mol. The maximum Gasteiger partial charge on any atom is 0.409 e. The summed E-state index contributed by atoms with van der Waals surface area (Å²) in [6.07, 6.45) is 4.54. The smallest absolute Gasteiger partial charge is 0.409 e. The predicted octanol–water partition coefficient (Wildman–Crippen LogP) is 3.27. The van der Waals surface area contributed by atoms with Crippen molar-refractivity contribution in [3.63, 3.8) is 0 Å². The lowest BCUT2D eigenvalue weighted by Crippen LogP contribution is -2.47. The highest BCUT2D eigenvalue weighted by Gasteiger charge is 2.24. The number of benzene rings is 1. The summed E-state index contributed by atoms with van der Waals surface area (Å²) in [6, 6.07) is 6.77. The lowest BCUT2D eigenvalue weighted by molar-refractivity contribution is 0.0959. The number of halogens is 1. The van der Waals surface area contributed by atoms with E-state index >= 15 is 0 Å². The van der Waals surface area contributed by atoms with Crippen molar-refractivity contribution in [3.05, 3.63) is 41.7 Å². The number of urea groups is 1. The van der Waals surface area contributed by atoms with Crippen LogP contribution in [0, 0.1) is 0 Å². The van der Waals surface area contributed by atoms with Gasteiger partial charge in [0.05, 0.1) is 17.3 Å². The third-order valence-corrected chi connectivity index (χ3v) is 4.62. The Kier molecular flexibility index (Phi) is 6.18. The van der Waals surface area contributed by atoms with Crippen LogP contribution in [0.2, 0.25) is 5.02 Å². The van der Waals surface area contributed by atoms with Crippen LogP contribution in [0.4, 0.5) is 15.3 Å². The summed E-state index contributed by atoms with van der Waals surface area (Å²) in [7, 11) is 0. The Morgan fingerprint density at radius 3 is 2.74 bits per heavy atom. The summed E-state index contributed by atoms with van der Waals surface area (Å²) in [4.78, 5) is 25.6. The highest BCUT2D eigenvalue weighted by atomic mass is 35.5. The Bertz CT molecular complexity index is 788. The van der Waals surface area contributed by atoms with Gasteiger partial charge in [-0.1, -0.05) is 11.6 Å². The van der Waals surface area contributed by atoms with Gasteiger partial charge in [0.1, 0.15) is 0 Å². The van der Waals surface area contributed by atoms with E-state index in [0.29, 0.717) is 43.2 Å². The van der Waals surface area contributed by atoms with Gasteiger partial charge in [-0.25, -0.2) is 14.3 Å². The first-order valence-electron chi connectivity index (χ1n) is 8.85. The van der Waals surface area contributed by atoms with E-state index in [2.05, 4.69) is 15.7 Å². The maximum absolute atomic E-state index is 12.2. The molecule has 3 rings (SSSR count). The molecule has 1 aliphatic rings. The minimum Gasteiger partial charge on any atom is -0.450 e. The number of carbonyl (C=O) groups is 2. The van der Waals surface area contributed by atoms with E-state index in [1.807, 2.05) is 6.07 Å². The maximum atomic E-state index is 12.2. The summed E-state index contributed by atoms with van der Waals surface area (Å²) in [5, 5.41) is 10.3. The van der Waals surface area contributed by atoms with Crippen molar-refractivity contribution in [3.8, 4) is 5.69 Å². The summed E-state index contributed by atoms with van der Waals surface area (Å²) in [5.41, 5.74) is 1.33. The van der Waals surface area contributed by atoms with Gasteiger partial charge in [-0.05, 0) is 44.0 Å². The number of ether oxygens (including phenoxy) is 1. The molecule has 9 heteroatoms. The molecule has 27 heavy (non-hydrogen) atoms. The van der Waals surface area contributed by atoms with Gasteiger partial charge in [0, 0.05) is 37.2 Å². The molecule has 0 atom stereocenters. The van der Waals surface area contributed by atoms with Gasteiger partial charge in [-0.2, -0.15) is 5.10 Å². The van der Waals surface area contributed by atoms with Crippen LogP contribution < -0.4 is 10.6 Å². The van der Waals surface area contributed by atoms with Gasteiger partial charge in [0.2, 0.25) is 0 Å². The average Bonchev–Trinajstić information content (AvgIpc) is 3.17. The molecule has 0 saturated carbocycles. The molecule has 2 heterocycles. The largest absolute Gasteiger partial charge is 0.450 e. The van der Waals surface area contributed by atoms with Crippen molar-refractivity contribution < 1.29 is 14.3 Å². The fraction of sp³-hybridized carbons (Fsp3) is 0.389. The molecule has 2 aromatic rings. The number of carbonyl (C=O) groups excluding carboxylic acids is 2. The molecule has 1 aliphatic heterocycles. The molecule has 1 aromatic carbocycles. The van der Waals surface area contributed by atoms with Crippen LogP contribution in [0.15, 0.2) is 36.7 Å². The monoisotopic (exact) mass is 391 g/mol. The normalized spacial score (nSPS) is 14.7. The van der Waals surface area contributed by atoms with Crippen molar-refractivity contribution in [2.45, 2.75) is 25.8 Å². The lowest BCUT2D eigenvalue weighted by atomic mass is 10.1. The van der Waals surface area contributed by atoms with Crippen LogP contribution in [-0.2, 0) is 4.74 Å². The van der Waals surface area contributed by atoms with Crippen molar-refractivity contribution in [2.24, 2.45) is 0 Å². The van der Waals surface area contributed by atoms with Crippen molar-refractivity contribution in [1.82, 2.24) is 20.0 Å². The Hall–Kier alpha value is -2.74. The highest BCUT2D eigenvalue weighted by Crippen LogP contribution is 2.24. The zero-order chi connectivity index (χ0) is 19.2. The number of nitrogens with zero attached hydrogens (tertiary/aromatic N) is 3. The van der Waals surface area contributed by atoms with E-state index in [1.54, 1.807) is 47.1 Å². The standard InChI is InChI=1S/C18H22ClN5O3/c1-2-27-18(26)23-10-6-13(7-11-23)21-17(25)22-14-4-5-16(15(19)12-14)24-9-3-8-20-24/h3-5,8-9,12-13H,2,6-7,10-11H2,1H3,(H2,21,22,25). The highest BCUT2D eigenvalue weighted by molar-refractivity contribution is 6.32. The second-order valence-corrected chi connectivity index (χ2v) is 6.58. The summed E-state index contributed by atoms with van der Waals surface area (Å²) in [6.45, 7) is 3.27. The van der Waals surface area contributed by atoms with Crippen molar-refractivity contribution in [1.29, 1.82) is 0 Å². The van der Waals surface area contributed by atoms with Gasteiger partial charge in [0.25, 0.3) is 0 Å². The lowest BCUT2D eigenvalue weighted by Gasteiger charge is -2.31. The van der Waals surface area contributed by atoms with Gasteiger partial charge in [0.15, 0.2) is 0 Å². The topological polar surface area (TPSA) is 88.5 Å². The third kappa shape index (κ3) is 4.91. The quantitative estimate of drug-likeness (QED) is 0.837. The van der Waals surface area contributed by atoms with E-state index in [4.69, 9.17) is 16.3 Å². The van der Waals surface area contributed by atoms with E-state index in [0.717, 1.165) is 5.69 Å². The fourth-order valence-electron chi connectivity index (χ4n) is 2.96. The first-order valence-corrected chi connectivity index (χ1v) is 9.23. The number of amides is 3. The van der Waals surface area contributed by atoms with E-state index < -0.39 is 0 Å². The zero-order valence-corrected chi connectivity index (χ0v) is 15.8. The zero-order valence-electron chi connectivity index (χ0n) is 15.0. The summed E-state index contributed by atoms with van der Waals surface area (Å²) >= 11 is 6.29. The van der Waals surface area contributed by atoms with Gasteiger partial charge < -0.3 is 20.3 Å². The molecular weight excluding hydrogens is 370 g/mol. The minimum absolute atomic E-state index is 0.00879. The second-order valence-electron chi connectivity index (χ2n) is 6.18. The molecule has 1 aromatic heterocycles. The van der Waals surface area contributed by atoms with Gasteiger partial charge in [-0.15, -0.1) is 0 Å². The summed E-state index contributed by atoms with van der Waals surface area (Å²) < 4.78 is 6.65. The third-order valence-electron chi connectivity index (χ3n) is 4.31. The Morgan fingerprint density at radius 2 is 2.11 bits per heavy atom. The molecule has 8 nitrogen and oxygen atoms in total. The SMILES string of the molecule is CCOC(=O)N1CCC(NC(=O)Nc2ccc(-n3cccn3)c(Cl)c2)CC1. The number of aromatic nitrogens is 2.